The third-order valence-electron chi connectivity index (χ3n) is 6.46. The van der Waals surface area contributed by atoms with Gasteiger partial charge in [-0.1, -0.05) is 13.0 Å². The summed E-state index contributed by atoms with van der Waals surface area (Å²) in [6, 6.07) is 7.43. The van der Waals surface area contributed by atoms with Crippen molar-refractivity contribution in [3.8, 4) is 11.5 Å². The molecule has 0 unspecified atom stereocenters. The lowest BCUT2D eigenvalue weighted by molar-refractivity contribution is 0.0996. The molecule has 0 saturated carbocycles. The van der Waals surface area contributed by atoms with Crippen molar-refractivity contribution in [1.29, 1.82) is 0 Å². The number of aryl methyl sites for hydroxylation is 1. The molecule has 11 heteroatoms. The lowest BCUT2D eigenvalue weighted by Crippen LogP contribution is -2.29. The molecule has 190 valence electrons. The summed E-state index contributed by atoms with van der Waals surface area (Å²) in [4.78, 5) is 39.4. The fourth-order valence-electron chi connectivity index (χ4n) is 4.17. The van der Waals surface area contributed by atoms with Crippen LogP contribution in [0, 0.1) is 6.92 Å². The molecule has 2 amide bonds. The van der Waals surface area contributed by atoms with Gasteiger partial charge in [-0.2, -0.15) is 0 Å². The quantitative estimate of drug-likeness (QED) is 0.507. The molecular weight excluding hydrogens is 460 g/mol. The molecule has 11 nitrogen and oxygen atoms in total. The molecule has 1 aliphatic rings. The van der Waals surface area contributed by atoms with E-state index in [0.717, 1.165) is 23.7 Å². The maximum absolute atomic E-state index is 13.6. The van der Waals surface area contributed by atoms with Crippen molar-refractivity contribution in [2.45, 2.75) is 59.8 Å². The molecule has 0 fully saturated rings. The molecule has 1 aliphatic heterocycles. The van der Waals surface area contributed by atoms with Crippen LogP contribution in [0.15, 0.2) is 24.3 Å². The zero-order valence-corrected chi connectivity index (χ0v) is 21.6. The largest absolute Gasteiger partial charge is 0.465 e. The summed E-state index contributed by atoms with van der Waals surface area (Å²) < 4.78 is 2.02. The average molecular weight is 493 g/mol. The van der Waals surface area contributed by atoms with Crippen molar-refractivity contribution >= 4 is 23.6 Å². The van der Waals surface area contributed by atoms with Crippen LogP contribution < -0.4 is 9.80 Å². The number of fused-ring (bicyclic) bond motifs is 1. The Morgan fingerprint density at radius 2 is 1.94 bits per heavy atom. The lowest BCUT2D eigenvalue weighted by atomic mass is 10.1. The average Bonchev–Trinajstić information content (AvgIpc) is 3.38. The molecule has 0 atom stereocenters. The predicted octanol–water partition coefficient (Wildman–Crippen LogP) is 3.57. The number of rotatable bonds is 8. The number of hydrogen-bond acceptors (Lipinski definition) is 7. The third-order valence-corrected chi connectivity index (χ3v) is 6.46. The molecule has 1 N–H and O–H groups in total. The normalized spacial score (nSPS) is 12.9. The summed E-state index contributed by atoms with van der Waals surface area (Å²) >= 11 is 0. The Kier molecular flexibility index (Phi) is 6.91. The zero-order chi connectivity index (χ0) is 26.1. The summed E-state index contributed by atoms with van der Waals surface area (Å²) in [6.45, 7) is 9.16. The Labute approximate surface area is 210 Å². The molecular formula is C25H32N8O3. The first-order chi connectivity index (χ1) is 17.1. The molecule has 0 bridgehead atoms. The van der Waals surface area contributed by atoms with Crippen LogP contribution in [0.1, 0.15) is 54.6 Å². The van der Waals surface area contributed by atoms with E-state index in [4.69, 9.17) is 9.97 Å². The molecule has 0 saturated heterocycles. The highest BCUT2D eigenvalue weighted by Gasteiger charge is 2.34. The van der Waals surface area contributed by atoms with Gasteiger partial charge in [0.25, 0.3) is 5.91 Å². The van der Waals surface area contributed by atoms with Crippen molar-refractivity contribution in [3.05, 3.63) is 46.9 Å². The Morgan fingerprint density at radius 3 is 2.61 bits per heavy atom. The van der Waals surface area contributed by atoms with Crippen molar-refractivity contribution < 1.29 is 14.7 Å². The molecule has 0 aromatic carbocycles. The first-order valence-corrected chi connectivity index (χ1v) is 12.0. The van der Waals surface area contributed by atoms with E-state index in [-0.39, 0.29) is 25.0 Å². The number of carboxylic acid groups (broad SMARTS) is 1. The molecule has 4 rings (SSSR count). The van der Waals surface area contributed by atoms with E-state index in [1.54, 1.807) is 17.0 Å². The number of carbonyl (C=O) groups is 2. The molecule has 36 heavy (non-hydrogen) atoms. The van der Waals surface area contributed by atoms with E-state index in [0.29, 0.717) is 40.0 Å². The standard InChI is InChI=1S/C25H32N8O3/c1-7-11-32-16(4)28-29-23(32)19-9-8-10-21(26-19)33-13-18-17(24(33)34)12-22(31(6)15(2)3)27-20(18)14-30(5)25(35)36/h8-10,12,15H,7,11,13-14H2,1-6H3,(H,35,36). The summed E-state index contributed by atoms with van der Waals surface area (Å²) in [7, 11) is 3.39. The van der Waals surface area contributed by atoms with Gasteiger partial charge in [0.15, 0.2) is 5.82 Å². The summed E-state index contributed by atoms with van der Waals surface area (Å²) in [6.07, 6.45) is -0.130. The van der Waals surface area contributed by atoms with Gasteiger partial charge >= 0.3 is 6.09 Å². The highest BCUT2D eigenvalue weighted by atomic mass is 16.4. The molecule has 0 spiro atoms. The Bertz CT molecular complexity index is 1300. The van der Waals surface area contributed by atoms with E-state index >= 15 is 0 Å². The van der Waals surface area contributed by atoms with Gasteiger partial charge < -0.3 is 19.5 Å². The zero-order valence-electron chi connectivity index (χ0n) is 21.6. The van der Waals surface area contributed by atoms with Gasteiger partial charge in [-0.3, -0.25) is 9.69 Å². The van der Waals surface area contributed by atoms with Gasteiger partial charge in [-0.25, -0.2) is 14.8 Å². The maximum Gasteiger partial charge on any atom is 0.407 e. The van der Waals surface area contributed by atoms with Crippen LogP contribution in [0.2, 0.25) is 0 Å². The van der Waals surface area contributed by atoms with Crippen molar-refractivity contribution in [1.82, 2.24) is 29.6 Å². The van der Waals surface area contributed by atoms with E-state index in [9.17, 15) is 14.7 Å². The van der Waals surface area contributed by atoms with Crippen LogP contribution in [-0.4, -0.2) is 66.9 Å². The van der Waals surface area contributed by atoms with Crippen LogP contribution in [0.25, 0.3) is 11.5 Å². The number of nitrogens with zero attached hydrogens (tertiary/aromatic N) is 8. The monoisotopic (exact) mass is 492 g/mol. The van der Waals surface area contributed by atoms with Crippen LogP contribution in [0.4, 0.5) is 16.4 Å². The lowest BCUT2D eigenvalue weighted by Gasteiger charge is -2.24. The number of anilines is 2. The first kappa shape index (κ1) is 25.1. The van der Waals surface area contributed by atoms with Gasteiger partial charge in [-0.05, 0) is 45.4 Å². The van der Waals surface area contributed by atoms with Gasteiger partial charge in [0.05, 0.1) is 24.3 Å². The topological polar surface area (TPSA) is 121 Å². The SMILES string of the molecule is CCCn1c(C)nnc1-c1cccc(N2Cc3c(cc(N(C)C(C)C)nc3CN(C)C(=O)O)C2=O)n1. The fraction of sp³-hybridized carbons (Fsp3) is 0.440. The summed E-state index contributed by atoms with van der Waals surface area (Å²) in [5, 5.41) is 17.9. The second-order valence-electron chi connectivity index (χ2n) is 9.29. The van der Waals surface area contributed by atoms with Crippen molar-refractivity contribution in [3.63, 3.8) is 0 Å². The molecule has 0 radical (unpaired) electrons. The van der Waals surface area contributed by atoms with Gasteiger partial charge in [0.2, 0.25) is 0 Å². The van der Waals surface area contributed by atoms with E-state index in [1.807, 2.05) is 49.4 Å². The fourth-order valence-corrected chi connectivity index (χ4v) is 4.17. The highest BCUT2D eigenvalue weighted by molar-refractivity contribution is 6.10. The second-order valence-corrected chi connectivity index (χ2v) is 9.29. The minimum atomic E-state index is -1.06. The minimum absolute atomic E-state index is 0.0748. The smallest absolute Gasteiger partial charge is 0.407 e. The number of amides is 2. The van der Waals surface area contributed by atoms with Crippen LogP contribution in [0.3, 0.4) is 0 Å². The van der Waals surface area contributed by atoms with Crippen LogP contribution in [0.5, 0.6) is 0 Å². The maximum atomic E-state index is 13.6. The number of aromatic nitrogens is 5. The van der Waals surface area contributed by atoms with E-state index in [2.05, 4.69) is 17.1 Å². The predicted molar refractivity (Wildman–Crippen MR) is 136 cm³/mol. The molecule has 3 aromatic rings. The van der Waals surface area contributed by atoms with E-state index < -0.39 is 6.09 Å². The number of pyridine rings is 2. The summed E-state index contributed by atoms with van der Waals surface area (Å²) in [5.41, 5.74) is 2.42. The minimum Gasteiger partial charge on any atom is -0.465 e. The van der Waals surface area contributed by atoms with E-state index in [1.165, 1.54) is 7.05 Å². The molecule has 0 aliphatic carbocycles. The van der Waals surface area contributed by atoms with Crippen molar-refractivity contribution in [2.24, 2.45) is 0 Å². The number of hydrogen-bond donors (Lipinski definition) is 1. The molecule has 4 heterocycles. The van der Waals surface area contributed by atoms with Crippen molar-refractivity contribution in [2.75, 3.05) is 23.9 Å². The van der Waals surface area contributed by atoms with Gasteiger partial charge in [-0.15, -0.1) is 10.2 Å². The third kappa shape index (κ3) is 4.60. The Morgan fingerprint density at radius 1 is 1.19 bits per heavy atom. The highest BCUT2D eigenvalue weighted by Crippen LogP contribution is 2.33. The van der Waals surface area contributed by atoms with Gasteiger partial charge in [0.1, 0.15) is 23.2 Å². The number of carbonyl (C=O) groups excluding carboxylic acids is 1. The second kappa shape index (κ2) is 9.92. The van der Waals surface area contributed by atoms with Gasteiger partial charge in [0, 0.05) is 32.2 Å². The molecule has 3 aromatic heterocycles. The Hall–Kier alpha value is -4.02. The van der Waals surface area contributed by atoms with Crippen LogP contribution in [-0.2, 0) is 19.6 Å². The Balaban J connectivity index is 1.74. The summed E-state index contributed by atoms with van der Waals surface area (Å²) in [5.74, 6) is 2.39. The van der Waals surface area contributed by atoms with Crippen LogP contribution >= 0.6 is 0 Å². The first-order valence-electron chi connectivity index (χ1n) is 12.0.